The molecule has 158 valence electrons. The number of piperidine rings is 1. The van der Waals surface area contributed by atoms with Crippen molar-refractivity contribution in [3.8, 4) is 11.5 Å². The number of nitrogens with one attached hydrogen (secondary N) is 1. The zero-order valence-corrected chi connectivity index (χ0v) is 17.9. The van der Waals surface area contributed by atoms with Crippen LogP contribution in [0.3, 0.4) is 0 Å². The Morgan fingerprint density at radius 3 is 2.48 bits per heavy atom. The van der Waals surface area contributed by atoms with Crippen LogP contribution in [0.2, 0.25) is 0 Å². The van der Waals surface area contributed by atoms with Crippen molar-refractivity contribution in [1.82, 2.24) is 19.8 Å². The van der Waals surface area contributed by atoms with Crippen LogP contribution in [-0.2, 0) is 10.0 Å². The molecule has 1 fully saturated rings. The summed E-state index contributed by atoms with van der Waals surface area (Å²) in [5.41, 5.74) is 0.560. The third-order valence-electron chi connectivity index (χ3n) is 5.11. The molecule has 0 bridgehead atoms. The van der Waals surface area contributed by atoms with Gasteiger partial charge in [0.25, 0.3) is 0 Å². The molecule has 2 aromatic rings. The Morgan fingerprint density at radius 1 is 1.21 bits per heavy atom. The van der Waals surface area contributed by atoms with E-state index in [9.17, 15) is 13.2 Å². The fourth-order valence-electron chi connectivity index (χ4n) is 3.13. The lowest BCUT2D eigenvalue weighted by molar-refractivity contribution is 0.0918. The van der Waals surface area contributed by atoms with Gasteiger partial charge in [-0.2, -0.15) is 4.31 Å². The van der Waals surface area contributed by atoms with E-state index in [1.165, 1.54) is 16.4 Å². The highest BCUT2D eigenvalue weighted by Crippen LogP contribution is 2.25. The molecule has 1 saturated heterocycles. The highest BCUT2D eigenvalue weighted by molar-refractivity contribution is 7.89. The van der Waals surface area contributed by atoms with E-state index in [1.54, 1.807) is 12.1 Å². The van der Waals surface area contributed by atoms with Gasteiger partial charge in [-0.1, -0.05) is 20.8 Å². The first-order valence-electron chi connectivity index (χ1n) is 9.99. The number of amides is 1. The summed E-state index contributed by atoms with van der Waals surface area (Å²) >= 11 is 0. The van der Waals surface area contributed by atoms with Crippen LogP contribution in [-0.4, -0.2) is 48.5 Å². The van der Waals surface area contributed by atoms with E-state index >= 15 is 0 Å². The van der Waals surface area contributed by atoms with E-state index in [0.29, 0.717) is 37.0 Å². The number of aromatic nitrogens is 2. The van der Waals surface area contributed by atoms with Crippen molar-refractivity contribution in [3.05, 3.63) is 30.2 Å². The van der Waals surface area contributed by atoms with Crippen LogP contribution in [0.25, 0.3) is 11.5 Å². The Kier molecular flexibility index (Phi) is 6.69. The van der Waals surface area contributed by atoms with Crippen LogP contribution in [0.4, 0.5) is 0 Å². The maximum absolute atomic E-state index is 12.8. The summed E-state index contributed by atoms with van der Waals surface area (Å²) in [5, 5.41) is 10.4. The Labute approximate surface area is 171 Å². The normalized spacial score (nSPS) is 16.3. The molecule has 1 aliphatic rings. The summed E-state index contributed by atoms with van der Waals surface area (Å²) in [6, 6.07) is 6.31. The number of carbonyl (C=O) groups is 1. The van der Waals surface area contributed by atoms with Crippen molar-refractivity contribution >= 4 is 15.9 Å². The van der Waals surface area contributed by atoms with Crippen LogP contribution >= 0.6 is 0 Å². The lowest BCUT2D eigenvalue weighted by Gasteiger charge is -2.29. The Hall–Kier alpha value is -2.26. The molecule has 1 aromatic carbocycles. The second-order valence-corrected chi connectivity index (χ2v) is 9.90. The third kappa shape index (κ3) is 5.22. The molecule has 0 spiro atoms. The first-order chi connectivity index (χ1) is 13.8. The van der Waals surface area contributed by atoms with E-state index in [1.807, 2.05) is 0 Å². The van der Waals surface area contributed by atoms with Gasteiger partial charge in [-0.15, -0.1) is 10.2 Å². The minimum Gasteiger partial charge on any atom is -0.412 e. The smallest absolute Gasteiger partial charge is 0.308 e. The Bertz CT molecular complexity index is 930. The molecule has 0 saturated carbocycles. The Morgan fingerprint density at radius 2 is 1.86 bits per heavy atom. The molecule has 8 nitrogen and oxygen atoms in total. The summed E-state index contributed by atoms with van der Waals surface area (Å²) in [5.74, 6) is 0.690. The van der Waals surface area contributed by atoms with Crippen molar-refractivity contribution in [2.45, 2.75) is 44.9 Å². The second-order valence-electron chi connectivity index (χ2n) is 7.96. The molecule has 0 radical (unpaired) electrons. The van der Waals surface area contributed by atoms with E-state index in [4.69, 9.17) is 4.42 Å². The lowest BCUT2D eigenvalue weighted by Crippen LogP contribution is -2.37. The molecule has 29 heavy (non-hydrogen) atoms. The van der Waals surface area contributed by atoms with E-state index in [2.05, 4.69) is 36.3 Å². The maximum atomic E-state index is 12.8. The summed E-state index contributed by atoms with van der Waals surface area (Å²) in [7, 11) is -3.51. The predicted molar refractivity (Wildman–Crippen MR) is 109 cm³/mol. The van der Waals surface area contributed by atoms with Gasteiger partial charge in [-0.05, 0) is 55.4 Å². The fraction of sp³-hybridized carbons (Fsp3) is 0.550. The minimum absolute atomic E-state index is 0.108. The number of carbonyl (C=O) groups excluding carboxylic acids is 1. The molecular formula is C20H28N4O4S. The number of hydrogen-bond acceptors (Lipinski definition) is 6. The highest BCUT2D eigenvalue weighted by atomic mass is 32.2. The van der Waals surface area contributed by atoms with Crippen LogP contribution < -0.4 is 5.32 Å². The molecule has 1 aliphatic heterocycles. The maximum Gasteiger partial charge on any atom is 0.308 e. The number of sulfonamides is 1. The van der Waals surface area contributed by atoms with Crippen LogP contribution in [0.5, 0.6) is 0 Å². The number of benzene rings is 1. The Balaban J connectivity index is 1.67. The van der Waals surface area contributed by atoms with Gasteiger partial charge in [-0.3, -0.25) is 4.79 Å². The summed E-state index contributed by atoms with van der Waals surface area (Å²) in [6.45, 7) is 7.92. The fourth-order valence-corrected chi connectivity index (χ4v) is 4.60. The first-order valence-corrected chi connectivity index (χ1v) is 11.4. The van der Waals surface area contributed by atoms with Gasteiger partial charge < -0.3 is 9.73 Å². The molecule has 0 atom stereocenters. The van der Waals surface area contributed by atoms with Crippen LogP contribution in [0.15, 0.2) is 33.6 Å². The average Bonchev–Trinajstić information content (AvgIpc) is 3.18. The minimum atomic E-state index is -3.51. The van der Waals surface area contributed by atoms with Gasteiger partial charge in [0.1, 0.15) is 0 Å². The molecule has 2 heterocycles. The van der Waals surface area contributed by atoms with Crippen molar-refractivity contribution < 1.29 is 17.6 Å². The predicted octanol–water partition coefficient (Wildman–Crippen LogP) is 2.93. The second kappa shape index (κ2) is 9.04. The topological polar surface area (TPSA) is 105 Å². The number of nitrogens with zero attached hydrogens (tertiary/aromatic N) is 3. The lowest BCUT2D eigenvalue weighted by atomic mass is 10.0. The van der Waals surface area contributed by atoms with Crippen LogP contribution in [0.1, 0.15) is 50.7 Å². The molecule has 9 heteroatoms. The largest absolute Gasteiger partial charge is 0.412 e. The average molecular weight is 421 g/mol. The quantitative estimate of drug-likeness (QED) is 0.738. The van der Waals surface area contributed by atoms with E-state index in [-0.39, 0.29) is 16.7 Å². The van der Waals surface area contributed by atoms with Crippen molar-refractivity contribution in [3.63, 3.8) is 0 Å². The molecule has 0 aliphatic carbocycles. The molecule has 0 unspecified atom stereocenters. The van der Waals surface area contributed by atoms with Gasteiger partial charge >= 0.3 is 11.8 Å². The zero-order chi connectivity index (χ0) is 21.0. The van der Waals surface area contributed by atoms with Crippen molar-refractivity contribution in [2.75, 3.05) is 19.6 Å². The molecule has 1 N–H and O–H groups in total. The van der Waals surface area contributed by atoms with Gasteiger partial charge in [-0.25, -0.2) is 8.42 Å². The first kappa shape index (κ1) is 21.4. The van der Waals surface area contributed by atoms with E-state index in [0.717, 1.165) is 19.3 Å². The van der Waals surface area contributed by atoms with Crippen molar-refractivity contribution in [2.24, 2.45) is 11.8 Å². The standard InChI is InChI=1S/C20H28N4O4S/c1-14(2)8-11-21-18(25)20-23-22-19(28-20)16-4-6-17(7-5-16)29(26,27)24-12-9-15(3)10-13-24/h4-7,14-15H,8-13H2,1-3H3,(H,21,25). The SMILES string of the molecule is CC(C)CCNC(=O)c1nnc(-c2ccc(S(=O)(=O)N3CCC(C)CC3)cc2)o1. The molecule has 1 aromatic heterocycles. The number of hydrogen-bond donors (Lipinski definition) is 1. The van der Waals surface area contributed by atoms with Gasteiger partial charge in [0, 0.05) is 25.2 Å². The molecular weight excluding hydrogens is 392 g/mol. The van der Waals surface area contributed by atoms with Crippen molar-refractivity contribution in [1.29, 1.82) is 0 Å². The zero-order valence-electron chi connectivity index (χ0n) is 17.1. The monoisotopic (exact) mass is 420 g/mol. The summed E-state index contributed by atoms with van der Waals surface area (Å²) < 4.78 is 32.6. The van der Waals surface area contributed by atoms with E-state index < -0.39 is 15.9 Å². The van der Waals surface area contributed by atoms with Crippen LogP contribution in [0, 0.1) is 11.8 Å². The third-order valence-corrected chi connectivity index (χ3v) is 7.02. The van der Waals surface area contributed by atoms with Gasteiger partial charge in [0.15, 0.2) is 0 Å². The van der Waals surface area contributed by atoms with Gasteiger partial charge in [0.2, 0.25) is 15.9 Å². The molecule has 1 amide bonds. The highest BCUT2D eigenvalue weighted by Gasteiger charge is 2.28. The molecule has 3 rings (SSSR count). The summed E-state index contributed by atoms with van der Waals surface area (Å²) in [6.07, 6.45) is 2.61. The van der Waals surface area contributed by atoms with Gasteiger partial charge in [0.05, 0.1) is 4.90 Å². The number of rotatable bonds is 7. The summed E-state index contributed by atoms with van der Waals surface area (Å²) in [4.78, 5) is 12.3.